The molecule has 0 saturated heterocycles. The van der Waals surface area contributed by atoms with E-state index in [1.165, 1.54) is 25.5 Å². The van der Waals surface area contributed by atoms with E-state index >= 15 is 0 Å². The summed E-state index contributed by atoms with van der Waals surface area (Å²) in [5, 5.41) is 13.1. The molecule has 19 heavy (non-hydrogen) atoms. The number of hydrogen-bond donors (Lipinski definition) is 1. The zero-order chi connectivity index (χ0) is 13.9. The average Bonchev–Trinajstić information content (AvgIpc) is 2.42. The average molecular weight is 267 g/mol. The SMILES string of the molecule is CCCC[NH2+]CCCCOc1ccccc1[N+](=O)[O-]. The van der Waals surface area contributed by atoms with Gasteiger partial charge in [-0.05, 0) is 25.3 Å². The van der Waals surface area contributed by atoms with E-state index in [0.717, 1.165) is 19.4 Å². The lowest BCUT2D eigenvalue weighted by molar-refractivity contribution is -0.655. The van der Waals surface area contributed by atoms with Gasteiger partial charge < -0.3 is 10.1 Å². The third kappa shape index (κ3) is 6.20. The topological polar surface area (TPSA) is 69.0 Å². The van der Waals surface area contributed by atoms with Crippen molar-refractivity contribution in [1.29, 1.82) is 0 Å². The van der Waals surface area contributed by atoms with Gasteiger partial charge in [0.05, 0.1) is 24.6 Å². The summed E-state index contributed by atoms with van der Waals surface area (Å²) in [6, 6.07) is 6.51. The fourth-order valence-corrected chi connectivity index (χ4v) is 1.80. The van der Waals surface area contributed by atoms with Gasteiger partial charge in [0.2, 0.25) is 0 Å². The number of nitro groups is 1. The van der Waals surface area contributed by atoms with Crippen molar-refractivity contribution in [2.75, 3.05) is 19.7 Å². The van der Waals surface area contributed by atoms with Gasteiger partial charge in [0.15, 0.2) is 5.75 Å². The Bertz CT molecular complexity index is 383. The van der Waals surface area contributed by atoms with Crippen LogP contribution in [0, 0.1) is 10.1 Å². The Balaban J connectivity index is 2.17. The zero-order valence-corrected chi connectivity index (χ0v) is 11.5. The molecule has 0 heterocycles. The maximum atomic E-state index is 10.8. The summed E-state index contributed by atoms with van der Waals surface area (Å²) >= 11 is 0. The van der Waals surface area contributed by atoms with Crippen molar-refractivity contribution in [3.8, 4) is 5.75 Å². The molecule has 1 aromatic carbocycles. The first kappa shape index (κ1) is 15.4. The Morgan fingerprint density at radius 2 is 1.95 bits per heavy atom. The first-order chi connectivity index (χ1) is 9.25. The summed E-state index contributed by atoms with van der Waals surface area (Å²) in [5.41, 5.74) is 0.0389. The minimum atomic E-state index is -0.409. The highest BCUT2D eigenvalue weighted by molar-refractivity contribution is 5.45. The lowest BCUT2D eigenvalue weighted by Crippen LogP contribution is -2.84. The van der Waals surface area contributed by atoms with Crippen molar-refractivity contribution in [2.24, 2.45) is 0 Å². The van der Waals surface area contributed by atoms with Crippen LogP contribution in [-0.4, -0.2) is 24.6 Å². The van der Waals surface area contributed by atoms with E-state index in [1.54, 1.807) is 18.2 Å². The summed E-state index contributed by atoms with van der Waals surface area (Å²) in [6.07, 6.45) is 4.49. The van der Waals surface area contributed by atoms with Crippen molar-refractivity contribution >= 4 is 5.69 Å². The first-order valence-corrected chi connectivity index (χ1v) is 6.93. The van der Waals surface area contributed by atoms with E-state index in [2.05, 4.69) is 12.2 Å². The second-order valence-electron chi connectivity index (χ2n) is 4.50. The summed E-state index contributed by atoms with van der Waals surface area (Å²) in [5.74, 6) is 0.363. The fraction of sp³-hybridized carbons (Fsp3) is 0.571. The Kier molecular flexibility index (Phi) is 7.58. The molecule has 0 aliphatic carbocycles. The Hall–Kier alpha value is -1.62. The Morgan fingerprint density at radius 1 is 1.21 bits per heavy atom. The number of hydrogen-bond acceptors (Lipinski definition) is 3. The molecule has 0 spiro atoms. The van der Waals surface area contributed by atoms with Crippen molar-refractivity contribution in [2.45, 2.75) is 32.6 Å². The molecule has 0 fully saturated rings. The van der Waals surface area contributed by atoms with Gasteiger partial charge in [-0.25, -0.2) is 0 Å². The van der Waals surface area contributed by atoms with Gasteiger partial charge in [-0.15, -0.1) is 0 Å². The van der Waals surface area contributed by atoms with Crippen LogP contribution in [0.15, 0.2) is 24.3 Å². The highest BCUT2D eigenvalue weighted by Gasteiger charge is 2.12. The quantitative estimate of drug-likeness (QED) is 0.401. The zero-order valence-electron chi connectivity index (χ0n) is 11.5. The van der Waals surface area contributed by atoms with Crippen molar-refractivity contribution in [3.63, 3.8) is 0 Å². The number of rotatable bonds is 10. The molecule has 0 aromatic heterocycles. The second kappa shape index (κ2) is 9.33. The molecule has 1 rings (SSSR count). The number of nitrogens with two attached hydrogens (primary N) is 1. The van der Waals surface area contributed by atoms with E-state index in [4.69, 9.17) is 4.74 Å². The Labute approximate surface area is 114 Å². The largest absolute Gasteiger partial charge is 0.487 e. The number of nitrogens with zero attached hydrogens (tertiary/aromatic N) is 1. The van der Waals surface area contributed by atoms with Gasteiger partial charge in [-0.3, -0.25) is 10.1 Å². The monoisotopic (exact) mass is 267 g/mol. The van der Waals surface area contributed by atoms with E-state index in [0.29, 0.717) is 12.4 Å². The predicted molar refractivity (Wildman–Crippen MR) is 74.4 cm³/mol. The van der Waals surface area contributed by atoms with E-state index in [1.807, 2.05) is 0 Å². The number of ether oxygens (including phenoxy) is 1. The number of benzene rings is 1. The molecular weight excluding hydrogens is 244 g/mol. The molecule has 0 amide bonds. The molecule has 0 unspecified atom stereocenters. The first-order valence-electron chi connectivity index (χ1n) is 6.93. The molecule has 2 N–H and O–H groups in total. The van der Waals surface area contributed by atoms with Crippen molar-refractivity contribution in [1.82, 2.24) is 0 Å². The van der Waals surface area contributed by atoms with Gasteiger partial charge in [-0.2, -0.15) is 0 Å². The van der Waals surface area contributed by atoms with Crippen molar-refractivity contribution in [3.05, 3.63) is 34.4 Å². The molecule has 5 heteroatoms. The predicted octanol–water partition coefficient (Wildman–Crippen LogP) is 2.12. The van der Waals surface area contributed by atoms with Crippen LogP contribution in [0.4, 0.5) is 5.69 Å². The van der Waals surface area contributed by atoms with Crippen LogP contribution >= 0.6 is 0 Å². The Morgan fingerprint density at radius 3 is 2.68 bits per heavy atom. The molecule has 0 radical (unpaired) electrons. The minimum absolute atomic E-state index is 0.0389. The van der Waals surface area contributed by atoms with E-state index < -0.39 is 4.92 Å². The standard InChI is InChI=1S/C14H22N2O3/c1-2-3-10-15-11-6-7-12-19-14-9-5-4-8-13(14)16(17)18/h4-5,8-9,15H,2-3,6-7,10-12H2,1H3/p+1. The molecule has 0 saturated carbocycles. The van der Waals surface area contributed by atoms with E-state index in [9.17, 15) is 10.1 Å². The molecule has 0 atom stereocenters. The van der Waals surface area contributed by atoms with Crippen LogP contribution in [0.3, 0.4) is 0 Å². The third-order valence-corrected chi connectivity index (χ3v) is 2.88. The van der Waals surface area contributed by atoms with Gasteiger partial charge >= 0.3 is 5.69 Å². The third-order valence-electron chi connectivity index (χ3n) is 2.88. The number of nitro benzene ring substituents is 1. The smallest absolute Gasteiger partial charge is 0.310 e. The number of unbranched alkanes of at least 4 members (excludes halogenated alkanes) is 2. The minimum Gasteiger partial charge on any atom is -0.487 e. The normalized spacial score (nSPS) is 10.4. The van der Waals surface area contributed by atoms with E-state index in [-0.39, 0.29) is 5.69 Å². The molecule has 0 aliphatic heterocycles. The van der Waals surface area contributed by atoms with Crippen LogP contribution in [-0.2, 0) is 0 Å². The summed E-state index contributed by atoms with van der Waals surface area (Å²) in [4.78, 5) is 10.4. The lowest BCUT2D eigenvalue weighted by atomic mass is 10.3. The molecule has 0 aliphatic rings. The van der Waals surface area contributed by atoms with Crippen LogP contribution in [0.5, 0.6) is 5.75 Å². The van der Waals surface area contributed by atoms with Crippen LogP contribution in [0.1, 0.15) is 32.6 Å². The number of quaternary nitrogens is 1. The molecule has 106 valence electrons. The summed E-state index contributed by atoms with van der Waals surface area (Å²) in [6.45, 7) is 5.00. The molecule has 0 bridgehead atoms. The van der Waals surface area contributed by atoms with Crippen LogP contribution in [0.2, 0.25) is 0 Å². The van der Waals surface area contributed by atoms with Crippen LogP contribution < -0.4 is 10.1 Å². The van der Waals surface area contributed by atoms with Gasteiger partial charge in [0.25, 0.3) is 0 Å². The van der Waals surface area contributed by atoms with Gasteiger partial charge in [0, 0.05) is 6.07 Å². The van der Waals surface area contributed by atoms with Gasteiger partial charge in [0.1, 0.15) is 0 Å². The van der Waals surface area contributed by atoms with Gasteiger partial charge in [-0.1, -0.05) is 25.5 Å². The molecule has 5 nitrogen and oxygen atoms in total. The lowest BCUT2D eigenvalue weighted by Gasteiger charge is -2.06. The maximum Gasteiger partial charge on any atom is 0.310 e. The maximum absolute atomic E-state index is 10.8. The van der Waals surface area contributed by atoms with Crippen LogP contribution in [0.25, 0.3) is 0 Å². The summed E-state index contributed by atoms with van der Waals surface area (Å²) in [7, 11) is 0. The fourth-order valence-electron chi connectivity index (χ4n) is 1.80. The highest BCUT2D eigenvalue weighted by atomic mass is 16.6. The molecular formula is C14H23N2O3+. The second-order valence-corrected chi connectivity index (χ2v) is 4.50. The number of para-hydroxylation sites is 2. The summed E-state index contributed by atoms with van der Waals surface area (Å²) < 4.78 is 5.47. The molecule has 1 aromatic rings. The van der Waals surface area contributed by atoms with Crippen molar-refractivity contribution < 1.29 is 15.0 Å². The highest BCUT2D eigenvalue weighted by Crippen LogP contribution is 2.25.